The Bertz CT molecular complexity index is 638. The van der Waals surface area contributed by atoms with E-state index < -0.39 is 9.84 Å². The predicted octanol–water partition coefficient (Wildman–Crippen LogP) is 1.57. The van der Waals surface area contributed by atoms with E-state index >= 15 is 0 Å². The first-order chi connectivity index (χ1) is 9.57. The van der Waals surface area contributed by atoms with E-state index in [-0.39, 0.29) is 0 Å². The summed E-state index contributed by atoms with van der Waals surface area (Å²) in [4.78, 5) is 0.346. The van der Waals surface area contributed by atoms with Crippen LogP contribution in [0.1, 0.15) is 12.8 Å². The lowest BCUT2D eigenvalue weighted by molar-refractivity contribution is 0.601. The van der Waals surface area contributed by atoms with Crippen LogP contribution in [0.5, 0.6) is 0 Å². The molecule has 0 saturated heterocycles. The largest absolute Gasteiger partial charge is 0.384 e. The van der Waals surface area contributed by atoms with E-state index in [1.165, 1.54) is 6.26 Å². The normalized spacial score (nSPS) is 11.4. The van der Waals surface area contributed by atoms with Gasteiger partial charge in [-0.15, -0.1) is 10.2 Å². The van der Waals surface area contributed by atoms with Crippen molar-refractivity contribution in [3.8, 4) is 0 Å². The zero-order valence-corrected chi connectivity index (χ0v) is 12.2. The summed E-state index contributed by atoms with van der Waals surface area (Å²) in [5.41, 5.74) is 0.666. The quantitative estimate of drug-likeness (QED) is 0.784. The summed E-state index contributed by atoms with van der Waals surface area (Å²) in [5, 5.41) is 10.7. The highest BCUT2D eigenvalue weighted by Gasteiger charge is 2.11. The van der Waals surface area contributed by atoms with Crippen LogP contribution in [0.2, 0.25) is 0 Å². The molecule has 1 N–H and O–H groups in total. The van der Waals surface area contributed by atoms with E-state index in [9.17, 15) is 8.42 Å². The van der Waals surface area contributed by atoms with E-state index in [4.69, 9.17) is 0 Å². The van der Waals surface area contributed by atoms with Crippen molar-refractivity contribution in [2.75, 3.05) is 18.1 Å². The number of anilines is 1. The first kappa shape index (κ1) is 14.5. The third-order valence-corrected chi connectivity index (χ3v) is 4.07. The molecule has 0 aliphatic carbocycles. The molecule has 1 heterocycles. The molecule has 20 heavy (non-hydrogen) atoms. The number of benzene rings is 1. The minimum absolute atomic E-state index is 0.346. The summed E-state index contributed by atoms with van der Waals surface area (Å²) in [6, 6.07) is 6.97. The topological polar surface area (TPSA) is 76.9 Å². The lowest BCUT2D eigenvalue weighted by Gasteiger charge is -2.10. The van der Waals surface area contributed by atoms with Crippen LogP contribution >= 0.6 is 0 Å². The fourth-order valence-corrected chi connectivity index (χ4v) is 2.78. The molecule has 0 amide bonds. The number of hydrogen-bond acceptors (Lipinski definition) is 5. The average molecular weight is 294 g/mol. The van der Waals surface area contributed by atoms with Gasteiger partial charge < -0.3 is 9.88 Å². The highest BCUT2D eigenvalue weighted by Crippen LogP contribution is 2.20. The second-order valence-electron chi connectivity index (χ2n) is 4.60. The Morgan fingerprint density at radius 1 is 1.15 bits per heavy atom. The molecule has 0 fully saturated rings. The number of hydrogen-bond donors (Lipinski definition) is 1. The summed E-state index contributed by atoms with van der Waals surface area (Å²) in [6.45, 7) is 1.59. The van der Waals surface area contributed by atoms with Crippen molar-refractivity contribution >= 4 is 15.5 Å². The van der Waals surface area contributed by atoms with Gasteiger partial charge in [-0.25, -0.2) is 8.42 Å². The SMILES string of the molecule is CS(=O)(=O)c1ccccc1NCCCCn1cnnc1. The van der Waals surface area contributed by atoms with Gasteiger partial charge in [0.1, 0.15) is 12.7 Å². The van der Waals surface area contributed by atoms with Crippen molar-refractivity contribution in [1.29, 1.82) is 0 Å². The standard InChI is InChI=1S/C13H18N4O2S/c1-20(18,19)13-7-3-2-6-12(13)14-8-4-5-9-17-10-15-16-11-17/h2-3,6-7,10-11,14H,4-5,8-9H2,1H3. The van der Waals surface area contributed by atoms with Gasteiger partial charge in [-0.3, -0.25) is 0 Å². The van der Waals surface area contributed by atoms with Crippen LogP contribution in [0.3, 0.4) is 0 Å². The van der Waals surface area contributed by atoms with Crippen molar-refractivity contribution in [3.63, 3.8) is 0 Å². The molecule has 0 aliphatic heterocycles. The Kier molecular flexibility index (Phi) is 4.73. The van der Waals surface area contributed by atoms with Gasteiger partial charge in [0.25, 0.3) is 0 Å². The maximum atomic E-state index is 11.6. The number of nitrogens with zero attached hydrogens (tertiary/aromatic N) is 3. The van der Waals surface area contributed by atoms with Gasteiger partial charge in [0.2, 0.25) is 0 Å². The monoisotopic (exact) mass is 294 g/mol. The molecule has 6 nitrogen and oxygen atoms in total. The molecule has 108 valence electrons. The maximum Gasteiger partial charge on any atom is 0.177 e. The molecule has 1 aromatic heterocycles. The summed E-state index contributed by atoms with van der Waals surface area (Å²) < 4.78 is 25.2. The first-order valence-electron chi connectivity index (χ1n) is 6.43. The lowest BCUT2D eigenvalue weighted by Crippen LogP contribution is -2.08. The number of aryl methyl sites for hydroxylation is 1. The minimum atomic E-state index is -3.19. The lowest BCUT2D eigenvalue weighted by atomic mass is 10.2. The third kappa shape index (κ3) is 4.06. The number of rotatable bonds is 7. The molecule has 0 spiro atoms. The van der Waals surface area contributed by atoms with Crippen molar-refractivity contribution < 1.29 is 8.42 Å². The number of nitrogens with one attached hydrogen (secondary N) is 1. The molecule has 1 aromatic carbocycles. The highest BCUT2D eigenvalue weighted by atomic mass is 32.2. The van der Waals surface area contributed by atoms with Gasteiger partial charge >= 0.3 is 0 Å². The van der Waals surface area contributed by atoms with E-state index in [0.717, 1.165) is 25.9 Å². The van der Waals surface area contributed by atoms with E-state index in [1.54, 1.807) is 30.9 Å². The summed E-state index contributed by atoms with van der Waals surface area (Å²) in [5.74, 6) is 0. The van der Waals surface area contributed by atoms with Crippen molar-refractivity contribution in [1.82, 2.24) is 14.8 Å². The molecule has 0 bridgehead atoms. The van der Waals surface area contributed by atoms with Crippen LogP contribution < -0.4 is 5.32 Å². The van der Waals surface area contributed by atoms with E-state index in [1.807, 2.05) is 10.6 Å². The highest BCUT2D eigenvalue weighted by molar-refractivity contribution is 7.90. The molecule has 2 rings (SSSR count). The summed E-state index contributed by atoms with van der Waals surface area (Å²) in [7, 11) is -3.19. The van der Waals surface area contributed by atoms with Gasteiger partial charge in [-0.2, -0.15) is 0 Å². The predicted molar refractivity (Wildman–Crippen MR) is 77.3 cm³/mol. The number of sulfone groups is 1. The van der Waals surface area contributed by atoms with Gasteiger partial charge in [-0.1, -0.05) is 12.1 Å². The fourth-order valence-electron chi connectivity index (χ4n) is 1.92. The van der Waals surface area contributed by atoms with Gasteiger partial charge in [-0.05, 0) is 25.0 Å². The maximum absolute atomic E-state index is 11.6. The van der Waals surface area contributed by atoms with Crippen molar-refractivity contribution in [2.24, 2.45) is 0 Å². The zero-order chi connectivity index (χ0) is 14.4. The number of unbranched alkanes of at least 4 members (excludes halogenated alkanes) is 1. The fraction of sp³-hybridized carbons (Fsp3) is 0.385. The Morgan fingerprint density at radius 3 is 2.55 bits per heavy atom. The summed E-state index contributed by atoms with van der Waals surface area (Å²) in [6.07, 6.45) is 6.51. The minimum Gasteiger partial charge on any atom is -0.384 e. The molecule has 0 saturated carbocycles. The van der Waals surface area contributed by atoms with Gasteiger partial charge in [0, 0.05) is 19.3 Å². The molecular weight excluding hydrogens is 276 g/mol. The average Bonchev–Trinajstić information content (AvgIpc) is 2.91. The second kappa shape index (κ2) is 6.51. The second-order valence-corrected chi connectivity index (χ2v) is 6.59. The number of aromatic nitrogens is 3. The smallest absolute Gasteiger partial charge is 0.177 e. The molecule has 2 aromatic rings. The van der Waals surface area contributed by atoms with Gasteiger partial charge in [0.05, 0.1) is 10.6 Å². The van der Waals surface area contributed by atoms with Crippen LogP contribution in [0.15, 0.2) is 41.8 Å². The van der Waals surface area contributed by atoms with Crippen LogP contribution in [0.25, 0.3) is 0 Å². The molecule has 0 atom stereocenters. The van der Waals surface area contributed by atoms with Crippen LogP contribution in [0.4, 0.5) is 5.69 Å². The van der Waals surface area contributed by atoms with Crippen molar-refractivity contribution in [3.05, 3.63) is 36.9 Å². The Labute approximate surface area is 118 Å². The molecular formula is C13H18N4O2S. The number of para-hydroxylation sites is 1. The third-order valence-electron chi connectivity index (χ3n) is 2.91. The Balaban J connectivity index is 1.82. The molecule has 7 heteroatoms. The van der Waals surface area contributed by atoms with Crippen LogP contribution in [-0.2, 0) is 16.4 Å². The summed E-state index contributed by atoms with van der Waals surface area (Å²) >= 11 is 0. The zero-order valence-electron chi connectivity index (χ0n) is 11.4. The Hall–Kier alpha value is -1.89. The van der Waals surface area contributed by atoms with Crippen molar-refractivity contribution in [2.45, 2.75) is 24.3 Å². The van der Waals surface area contributed by atoms with Crippen LogP contribution in [0, 0.1) is 0 Å². The van der Waals surface area contributed by atoms with Gasteiger partial charge in [0.15, 0.2) is 9.84 Å². The van der Waals surface area contributed by atoms with E-state index in [2.05, 4.69) is 15.5 Å². The molecule has 0 radical (unpaired) electrons. The molecule has 0 unspecified atom stereocenters. The first-order valence-corrected chi connectivity index (χ1v) is 8.32. The Morgan fingerprint density at radius 2 is 1.85 bits per heavy atom. The van der Waals surface area contributed by atoms with Crippen LogP contribution in [-0.4, -0.2) is 36.0 Å². The van der Waals surface area contributed by atoms with E-state index in [0.29, 0.717) is 10.6 Å². The molecule has 0 aliphatic rings.